The Kier molecular flexibility index (Phi) is 6.11. The SMILES string of the molecule is Cc1ccc(-c2cc(N3CCN(c4ncccc4C)C[C@H]3C)nc(N3CCC[C@@H]3C)n2)cc1F. The standard InChI is InChI=1S/C27H33FN6/c1-18-9-10-22(15-23(18)28)24-16-25(31-27(30-24)34-12-6-8-20(34)3)33-14-13-32(17-21(33)4)26-19(2)7-5-11-29-26/h5,7,9-11,15-16,20-21H,6,8,12-14,17H2,1-4H3/t20-,21+/m0/s1. The summed E-state index contributed by atoms with van der Waals surface area (Å²) in [5, 5.41) is 0. The van der Waals surface area contributed by atoms with Gasteiger partial charge in [0.25, 0.3) is 0 Å². The zero-order valence-electron chi connectivity index (χ0n) is 20.5. The second kappa shape index (κ2) is 9.20. The van der Waals surface area contributed by atoms with E-state index in [0.29, 0.717) is 11.6 Å². The van der Waals surface area contributed by atoms with Crippen LogP contribution in [0.1, 0.15) is 37.8 Å². The fourth-order valence-corrected chi connectivity index (χ4v) is 5.13. The molecule has 5 rings (SSSR count). The molecule has 2 aliphatic rings. The molecule has 0 spiro atoms. The minimum atomic E-state index is -0.207. The first kappa shape index (κ1) is 22.6. The summed E-state index contributed by atoms with van der Waals surface area (Å²) in [6, 6.07) is 12.1. The van der Waals surface area contributed by atoms with Gasteiger partial charge in [-0.05, 0) is 63.8 Å². The number of halogens is 1. The quantitative estimate of drug-likeness (QED) is 0.546. The lowest BCUT2D eigenvalue weighted by molar-refractivity contribution is 0.541. The Balaban J connectivity index is 1.49. The van der Waals surface area contributed by atoms with E-state index in [-0.39, 0.29) is 11.9 Å². The van der Waals surface area contributed by atoms with Crippen LogP contribution >= 0.6 is 0 Å². The number of aromatic nitrogens is 3. The Morgan fingerprint density at radius 3 is 2.47 bits per heavy atom. The predicted molar refractivity (Wildman–Crippen MR) is 136 cm³/mol. The third-order valence-corrected chi connectivity index (χ3v) is 7.18. The normalized spacial score (nSPS) is 20.8. The molecule has 2 atom stereocenters. The van der Waals surface area contributed by atoms with Crippen LogP contribution in [0.2, 0.25) is 0 Å². The van der Waals surface area contributed by atoms with Crippen LogP contribution in [-0.2, 0) is 0 Å². The molecule has 0 bridgehead atoms. The molecule has 6 nitrogen and oxygen atoms in total. The summed E-state index contributed by atoms with van der Waals surface area (Å²) in [5.41, 5.74) is 3.39. The van der Waals surface area contributed by atoms with Gasteiger partial charge in [-0.1, -0.05) is 18.2 Å². The van der Waals surface area contributed by atoms with Crippen LogP contribution in [0.5, 0.6) is 0 Å². The molecule has 2 aromatic heterocycles. The smallest absolute Gasteiger partial charge is 0.228 e. The predicted octanol–water partition coefficient (Wildman–Crippen LogP) is 5.00. The number of aryl methyl sites for hydroxylation is 2. The van der Waals surface area contributed by atoms with Gasteiger partial charge in [0.2, 0.25) is 5.95 Å². The summed E-state index contributed by atoms with van der Waals surface area (Å²) in [6.07, 6.45) is 4.14. The summed E-state index contributed by atoms with van der Waals surface area (Å²) < 4.78 is 14.4. The van der Waals surface area contributed by atoms with Crippen LogP contribution in [0, 0.1) is 19.7 Å². The van der Waals surface area contributed by atoms with Gasteiger partial charge in [0.05, 0.1) is 5.69 Å². The molecule has 2 saturated heterocycles. The molecule has 0 unspecified atom stereocenters. The van der Waals surface area contributed by atoms with Crippen LogP contribution in [-0.4, -0.2) is 53.2 Å². The number of benzene rings is 1. The Morgan fingerprint density at radius 1 is 0.912 bits per heavy atom. The highest BCUT2D eigenvalue weighted by Gasteiger charge is 2.29. The zero-order chi connectivity index (χ0) is 23.8. The summed E-state index contributed by atoms with van der Waals surface area (Å²) in [6.45, 7) is 11.9. The molecule has 178 valence electrons. The van der Waals surface area contributed by atoms with Gasteiger partial charge in [-0.3, -0.25) is 0 Å². The summed E-state index contributed by atoms with van der Waals surface area (Å²) in [5.74, 6) is 2.50. The first-order valence-corrected chi connectivity index (χ1v) is 12.3. The van der Waals surface area contributed by atoms with Crippen LogP contribution in [0.4, 0.5) is 22.0 Å². The highest BCUT2D eigenvalue weighted by Crippen LogP contribution is 2.31. The zero-order valence-corrected chi connectivity index (χ0v) is 20.5. The van der Waals surface area contributed by atoms with Crippen molar-refractivity contribution in [2.75, 3.05) is 40.9 Å². The van der Waals surface area contributed by atoms with E-state index in [9.17, 15) is 4.39 Å². The summed E-state index contributed by atoms with van der Waals surface area (Å²) >= 11 is 0. The molecule has 7 heteroatoms. The molecule has 0 saturated carbocycles. The minimum Gasteiger partial charge on any atom is -0.353 e. The lowest BCUT2D eigenvalue weighted by Crippen LogP contribution is -2.53. The van der Waals surface area contributed by atoms with E-state index in [0.717, 1.165) is 67.9 Å². The number of nitrogens with zero attached hydrogens (tertiary/aromatic N) is 6. The van der Waals surface area contributed by atoms with Gasteiger partial charge in [-0.15, -0.1) is 0 Å². The number of piperazine rings is 1. The van der Waals surface area contributed by atoms with Crippen LogP contribution in [0.25, 0.3) is 11.3 Å². The second-order valence-corrected chi connectivity index (χ2v) is 9.69. The van der Waals surface area contributed by atoms with Gasteiger partial charge in [-0.2, -0.15) is 4.98 Å². The van der Waals surface area contributed by atoms with Crippen molar-refractivity contribution in [3.05, 3.63) is 59.5 Å². The molecular formula is C27H33FN6. The van der Waals surface area contributed by atoms with Crippen molar-refractivity contribution in [2.24, 2.45) is 0 Å². The average molecular weight is 461 g/mol. The van der Waals surface area contributed by atoms with E-state index in [2.05, 4.69) is 46.5 Å². The monoisotopic (exact) mass is 460 g/mol. The fourth-order valence-electron chi connectivity index (χ4n) is 5.13. The lowest BCUT2D eigenvalue weighted by Gasteiger charge is -2.41. The molecule has 2 aliphatic heterocycles. The number of pyridine rings is 1. The maximum Gasteiger partial charge on any atom is 0.228 e. The molecule has 0 N–H and O–H groups in total. The summed E-state index contributed by atoms with van der Waals surface area (Å²) in [7, 11) is 0. The van der Waals surface area contributed by atoms with E-state index >= 15 is 0 Å². The van der Waals surface area contributed by atoms with Crippen LogP contribution < -0.4 is 14.7 Å². The van der Waals surface area contributed by atoms with E-state index in [1.165, 1.54) is 5.56 Å². The Hall–Kier alpha value is -3.22. The second-order valence-electron chi connectivity index (χ2n) is 9.69. The van der Waals surface area contributed by atoms with Crippen molar-refractivity contribution in [3.63, 3.8) is 0 Å². The van der Waals surface area contributed by atoms with Gasteiger partial charge < -0.3 is 14.7 Å². The molecular weight excluding hydrogens is 427 g/mol. The van der Waals surface area contributed by atoms with E-state index in [1.54, 1.807) is 13.0 Å². The first-order valence-electron chi connectivity index (χ1n) is 12.3. The molecule has 34 heavy (non-hydrogen) atoms. The highest BCUT2D eigenvalue weighted by atomic mass is 19.1. The van der Waals surface area contributed by atoms with E-state index in [1.807, 2.05) is 30.5 Å². The molecule has 0 aliphatic carbocycles. The third kappa shape index (κ3) is 4.31. The Morgan fingerprint density at radius 2 is 1.76 bits per heavy atom. The molecule has 4 heterocycles. The van der Waals surface area contributed by atoms with E-state index in [4.69, 9.17) is 9.97 Å². The third-order valence-electron chi connectivity index (χ3n) is 7.18. The summed E-state index contributed by atoms with van der Waals surface area (Å²) in [4.78, 5) is 21.6. The van der Waals surface area contributed by atoms with Crippen molar-refractivity contribution >= 4 is 17.6 Å². The van der Waals surface area contributed by atoms with Crippen molar-refractivity contribution in [3.8, 4) is 11.3 Å². The molecule has 2 fully saturated rings. The fraction of sp³-hybridized carbons (Fsp3) is 0.444. The van der Waals surface area contributed by atoms with Gasteiger partial charge in [0.15, 0.2) is 0 Å². The maximum atomic E-state index is 14.4. The minimum absolute atomic E-state index is 0.207. The number of anilines is 3. The van der Waals surface area contributed by atoms with Gasteiger partial charge in [0.1, 0.15) is 17.5 Å². The highest BCUT2D eigenvalue weighted by molar-refractivity contribution is 5.66. The average Bonchev–Trinajstić information content (AvgIpc) is 3.26. The van der Waals surface area contributed by atoms with Gasteiger partial charge in [0, 0.05) is 56.1 Å². The van der Waals surface area contributed by atoms with Gasteiger partial charge >= 0.3 is 0 Å². The van der Waals surface area contributed by atoms with Crippen LogP contribution in [0.15, 0.2) is 42.6 Å². The number of hydrogen-bond acceptors (Lipinski definition) is 6. The van der Waals surface area contributed by atoms with E-state index < -0.39 is 0 Å². The molecule has 0 radical (unpaired) electrons. The van der Waals surface area contributed by atoms with Gasteiger partial charge in [-0.25, -0.2) is 14.4 Å². The number of rotatable bonds is 4. The Bertz CT molecular complexity index is 1180. The van der Waals surface area contributed by atoms with Crippen LogP contribution in [0.3, 0.4) is 0 Å². The first-order chi connectivity index (χ1) is 16.4. The van der Waals surface area contributed by atoms with Crippen molar-refractivity contribution in [1.82, 2.24) is 15.0 Å². The number of hydrogen-bond donors (Lipinski definition) is 0. The Labute approximate surface area is 201 Å². The largest absolute Gasteiger partial charge is 0.353 e. The van der Waals surface area contributed by atoms with Crippen molar-refractivity contribution < 1.29 is 4.39 Å². The lowest BCUT2D eigenvalue weighted by atomic mass is 10.1. The van der Waals surface area contributed by atoms with Crippen molar-refractivity contribution in [1.29, 1.82) is 0 Å². The molecule has 1 aromatic carbocycles. The maximum absolute atomic E-state index is 14.4. The molecule has 0 amide bonds. The van der Waals surface area contributed by atoms with Crippen molar-refractivity contribution in [2.45, 2.75) is 52.6 Å². The molecule has 3 aromatic rings. The topological polar surface area (TPSA) is 48.4 Å².